The van der Waals surface area contributed by atoms with Gasteiger partial charge in [-0.3, -0.25) is 0 Å². The van der Waals surface area contributed by atoms with E-state index in [2.05, 4.69) is 0 Å². The molecule has 1 aliphatic heterocycles. The number of rotatable bonds is 0. The Balaban J connectivity index is 2.54. The third-order valence-corrected chi connectivity index (χ3v) is 2.10. The Bertz CT molecular complexity index is 413. The van der Waals surface area contributed by atoms with Crippen LogP contribution in [0.1, 0.15) is 11.1 Å². The molecule has 0 spiro atoms. The predicted molar refractivity (Wildman–Crippen MR) is 50.3 cm³/mol. The van der Waals surface area contributed by atoms with E-state index in [0.717, 1.165) is 16.9 Å². The molecule has 0 radical (unpaired) electrons. The molecule has 2 heteroatoms. The average Bonchev–Trinajstić information content (AvgIpc) is 2.49. The van der Waals surface area contributed by atoms with Crippen molar-refractivity contribution < 1.29 is 4.74 Å². The summed E-state index contributed by atoms with van der Waals surface area (Å²) in [7, 11) is 0. The summed E-state index contributed by atoms with van der Waals surface area (Å²) in [6.07, 6.45) is 1.55. The van der Waals surface area contributed by atoms with Crippen LogP contribution in [0.2, 0.25) is 0 Å². The molecule has 0 saturated carbocycles. The summed E-state index contributed by atoms with van der Waals surface area (Å²) in [6.45, 7) is 2.55. The lowest BCUT2D eigenvalue weighted by Gasteiger charge is -1.97. The molecule has 13 heavy (non-hydrogen) atoms. The van der Waals surface area contributed by atoms with Gasteiger partial charge >= 0.3 is 0 Å². The van der Waals surface area contributed by atoms with Gasteiger partial charge in [0.25, 0.3) is 0 Å². The largest absolute Gasteiger partial charge is 0.488 e. The number of hydrogen-bond acceptors (Lipinski definition) is 2. The zero-order chi connectivity index (χ0) is 9.26. The Morgan fingerprint density at radius 3 is 3.15 bits per heavy atom. The second kappa shape index (κ2) is 2.95. The molecule has 64 valence electrons. The number of fused-ring (bicyclic) bond motifs is 1. The average molecular weight is 171 g/mol. The summed E-state index contributed by atoms with van der Waals surface area (Å²) >= 11 is 0. The Morgan fingerprint density at radius 1 is 1.54 bits per heavy atom. The lowest BCUT2D eigenvalue weighted by atomic mass is 10.1. The molecule has 1 aromatic carbocycles. The number of ether oxygens (including phenoxy) is 1. The van der Waals surface area contributed by atoms with E-state index < -0.39 is 0 Å². The Kier molecular flexibility index (Phi) is 1.79. The maximum absolute atomic E-state index is 8.54. The summed E-state index contributed by atoms with van der Waals surface area (Å²) in [6, 6.07) is 8.03. The minimum atomic E-state index is 0.520. The summed E-state index contributed by atoms with van der Waals surface area (Å²) in [4.78, 5) is 0. The van der Waals surface area contributed by atoms with Gasteiger partial charge < -0.3 is 4.74 Å². The van der Waals surface area contributed by atoms with Crippen LogP contribution in [-0.4, -0.2) is 6.61 Å². The topological polar surface area (TPSA) is 33.0 Å². The number of hydrogen-bond donors (Lipinski definition) is 0. The van der Waals surface area contributed by atoms with Crippen LogP contribution < -0.4 is 4.74 Å². The van der Waals surface area contributed by atoms with Gasteiger partial charge in [-0.05, 0) is 19.1 Å². The van der Waals surface area contributed by atoms with Gasteiger partial charge in [0.1, 0.15) is 12.4 Å². The smallest absolute Gasteiger partial charge is 0.127 e. The highest BCUT2D eigenvalue weighted by Gasteiger charge is 2.16. The van der Waals surface area contributed by atoms with Crippen molar-refractivity contribution in [1.82, 2.24) is 0 Å². The van der Waals surface area contributed by atoms with Gasteiger partial charge in [-0.1, -0.05) is 11.6 Å². The van der Waals surface area contributed by atoms with Crippen LogP contribution in [-0.2, 0) is 0 Å². The second-order valence-corrected chi connectivity index (χ2v) is 3.09. The summed E-state index contributed by atoms with van der Waals surface area (Å²) < 4.78 is 5.40. The first-order chi connectivity index (χ1) is 6.31. The molecule has 0 fully saturated rings. The van der Waals surface area contributed by atoms with E-state index in [9.17, 15) is 0 Å². The van der Waals surface area contributed by atoms with Crippen molar-refractivity contribution in [2.24, 2.45) is 0 Å². The number of allylic oxidation sites excluding steroid dienone is 1. The fourth-order valence-corrected chi connectivity index (χ4v) is 1.45. The van der Waals surface area contributed by atoms with Crippen molar-refractivity contribution >= 4 is 5.57 Å². The summed E-state index contributed by atoms with van der Waals surface area (Å²) in [5, 5.41) is 8.54. The van der Waals surface area contributed by atoms with Gasteiger partial charge in [-0.25, -0.2) is 0 Å². The maximum Gasteiger partial charge on any atom is 0.127 e. The fraction of sp³-hybridized carbons (Fsp3) is 0.182. The van der Waals surface area contributed by atoms with Gasteiger partial charge in [-0.2, -0.15) is 5.26 Å². The van der Waals surface area contributed by atoms with Crippen LogP contribution in [0, 0.1) is 18.3 Å². The second-order valence-electron chi connectivity index (χ2n) is 3.09. The lowest BCUT2D eigenvalue weighted by molar-refractivity contribution is 0.388. The standard InChI is InChI=1S/C11H9NO/c1-8-2-3-11-10(6-8)9(4-5-12)7-13-11/h2-4,6H,7H2,1H3/b9-4+. The molecular weight excluding hydrogens is 162 g/mol. The molecule has 0 amide bonds. The summed E-state index contributed by atoms with van der Waals surface area (Å²) in [5.74, 6) is 0.882. The highest BCUT2D eigenvalue weighted by atomic mass is 16.5. The van der Waals surface area contributed by atoms with Crippen LogP contribution in [0.15, 0.2) is 24.3 Å². The van der Waals surface area contributed by atoms with E-state index in [1.54, 1.807) is 6.08 Å². The normalized spacial score (nSPS) is 16.5. The van der Waals surface area contributed by atoms with Crippen LogP contribution in [0.25, 0.3) is 5.57 Å². The van der Waals surface area contributed by atoms with Gasteiger partial charge in [0.15, 0.2) is 0 Å². The number of benzene rings is 1. The van der Waals surface area contributed by atoms with Crippen molar-refractivity contribution in [3.05, 3.63) is 35.4 Å². The molecule has 1 heterocycles. The van der Waals surface area contributed by atoms with E-state index in [-0.39, 0.29) is 0 Å². The van der Waals surface area contributed by atoms with E-state index in [4.69, 9.17) is 10.00 Å². The first kappa shape index (κ1) is 7.88. The van der Waals surface area contributed by atoms with E-state index in [0.29, 0.717) is 6.61 Å². The van der Waals surface area contributed by atoms with Gasteiger partial charge in [0, 0.05) is 17.2 Å². The third-order valence-electron chi connectivity index (χ3n) is 2.10. The van der Waals surface area contributed by atoms with Crippen LogP contribution in [0.5, 0.6) is 5.75 Å². The maximum atomic E-state index is 8.54. The molecule has 2 nitrogen and oxygen atoms in total. The monoisotopic (exact) mass is 171 g/mol. The van der Waals surface area contributed by atoms with Gasteiger partial charge in [0.2, 0.25) is 0 Å². The van der Waals surface area contributed by atoms with Crippen molar-refractivity contribution in [3.8, 4) is 11.8 Å². The molecule has 0 N–H and O–H groups in total. The highest BCUT2D eigenvalue weighted by molar-refractivity contribution is 5.76. The Labute approximate surface area is 77.1 Å². The zero-order valence-electron chi connectivity index (χ0n) is 7.37. The van der Waals surface area contributed by atoms with Crippen molar-refractivity contribution in [2.75, 3.05) is 6.61 Å². The van der Waals surface area contributed by atoms with Crippen LogP contribution in [0.3, 0.4) is 0 Å². The van der Waals surface area contributed by atoms with E-state index in [1.807, 2.05) is 31.2 Å². The minimum absolute atomic E-state index is 0.520. The minimum Gasteiger partial charge on any atom is -0.488 e. The number of nitrogens with zero attached hydrogens (tertiary/aromatic N) is 1. The fourth-order valence-electron chi connectivity index (χ4n) is 1.45. The van der Waals surface area contributed by atoms with Crippen LogP contribution in [0.4, 0.5) is 0 Å². The SMILES string of the molecule is Cc1ccc2c(c1)/C(=C/C#N)CO2. The predicted octanol–water partition coefficient (Wildman–Crippen LogP) is 2.29. The van der Waals surface area contributed by atoms with Crippen molar-refractivity contribution in [3.63, 3.8) is 0 Å². The van der Waals surface area contributed by atoms with Crippen molar-refractivity contribution in [1.29, 1.82) is 5.26 Å². The first-order valence-corrected chi connectivity index (χ1v) is 4.14. The molecule has 0 atom stereocenters. The van der Waals surface area contributed by atoms with Crippen LogP contribution >= 0.6 is 0 Å². The molecule has 0 bridgehead atoms. The number of nitriles is 1. The van der Waals surface area contributed by atoms with Gasteiger partial charge in [-0.15, -0.1) is 0 Å². The quantitative estimate of drug-likeness (QED) is 0.561. The molecule has 0 aromatic heterocycles. The first-order valence-electron chi connectivity index (χ1n) is 4.14. The molecule has 1 aliphatic rings. The van der Waals surface area contributed by atoms with Gasteiger partial charge in [0.05, 0.1) is 6.07 Å². The lowest BCUT2D eigenvalue weighted by Crippen LogP contribution is -1.86. The molecule has 0 saturated heterocycles. The molecule has 0 aliphatic carbocycles. The van der Waals surface area contributed by atoms with E-state index >= 15 is 0 Å². The zero-order valence-corrected chi connectivity index (χ0v) is 7.37. The molecular formula is C11H9NO. The molecule has 2 rings (SSSR count). The summed E-state index contributed by atoms with van der Waals surface area (Å²) in [5.41, 5.74) is 3.22. The molecule has 1 aromatic rings. The Morgan fingerprint density at radius 2 is 2.38 bits per heavy atom. The van der Waals surface area contributed by atoms with E-state index in [1.165, 1.54) is 5.56 Å². The Hall–Kier alpha value is -1.75. The molecule has 0 unspecified atom stereocenters. The number of aryl methyl sites for hydroxylation is 1. The third kappa shape index (κ3) is 1.29. The van der Waals surface area contributed by atoms with Crippen molar-refractivity contribution in [2.45, 2.75) is 6.92 Å². The highest BCUT2D eigenvalue weighted by Crippen LogP contribution is 2.33.